The number of thioether (sulfide) groups is 4. The van der Waals surface area contributed by atoms with Crippen molar-refractivity contribution in [1.82, 2.24) is 0 Å². The van der Waals surface area contributed by atoms with Gasteiger partial charge in [-0.05, 0) is 21.6 Å². The van der Waals surface area contributed by atoms with Crippen LogP contribution in [0.15, 0.2) is 21.6 Å². The molecule has 0 aromatic heterocycles. The van der Waals surface area contributed by atoms with Gasteiger partial charge >= 0.3 is 0 Å². The lowest BCUT2D eigenvalue weighted by Gasteiger charge is -2.14. The topological polar surface area (TPSA) is 0 Å². The van der Waals surface area contributed by atoms with E-state index in [4.69, 9.17) is 12.2 Å². The summed E-state index contributed by atoms with van der Waals surface area (Å²) in [5.74, 6) is 0. The van der Waals surface area contributed by atoms with E-state index < -0.39 is 0 Å². The summed E-state index contributed by atoms with van der Waals surface area (Å²) in [6, 6.07) is 0. The maximum atomic E-state index is 5.41. The summed E-state index contributed by atoms with van der Waals surface area (Å²) in [5.41, 5.74) is 0. The Bertz CT molecular complexity index is 204. The first-order valence-electron chi connectivity index (χ1n) is 3.33. The Hall–Kier alpha value is 0.970. The van der Waals surface area contributed by atoms with Crippen LogP contribution >= 0.6 is 59.3 Å². The highest BCUT2D eigenvalue weighted by atomic mass is 32.2. The minimum absolute atomic E-state index is 0.477. The molecule has 2 rings (SSSR count). The summed E-state index contributed by atoms with van der Waals surface area (Å²) in [5, 5.41) is 8.50. The molecule has 0 N–H and O–H groups in total. The summed E-state index contributed by atoms with van der Waals surface area (Å²) in [4.78, 5) is 1.18. The van der Waals surface area contributed by atoms with Gasteiger partial charge in [-0.3, -0.25) is 0 Å². The molecule has 0 aliphatic carbocycles. The molecule has 0 unspecified atom stereocenters. The Morgan fingerprint density at radius 2 is 1.17 bits per heavy atom. The van der Waals surface area contributed by atoms with Crippen LogP contribution < -0.4 is 0 Å². The lowest BCUT2D eigenvalue weighted by molar-refractivity contribution is 1.74. The van der Waals surface area contributed by atoms with Crippen LogP contribution in [0.1, 0.15) is 0 Å². The standard InChI is InChI=1S/C7H6S5/c8-5(6-9-1-2-10-6)7-11-3-4-12-7/h1-4,6-7H. The van der Waals surface area contributed by atoms with Gasteiger partial charge in [-0.1, -0.05) is 12.2 Å². The van der Waals surface area contributed by atoms with Gasteiger partial charge in [-0.25, -0.2) is 0 Å². The van der Waals surface area contributed by atoms with Crippen LogP contribution in [0.3, 0.4) is 0 Å². The zero-order valence-corrected chi connectivity index (χ0v) is 10.1. The second-order valence-corrected chi connectivity index (χ2v) is 7.29. The monoisotopic (exact) mass is 250 g/mol. The maximum absolute atomic E-state index is 5.41. The van der Waals surface area contributed by atoms with Crippen molar-refractivity contribution in [3.63, 3.8) is 0 Å². The average Bonchev–Trinajstić information content (AvgIpc) is 2.77. The number of hydrogen-bond donors (Lipinski definition) is 0. The van der Waals surface area contributed by atoms with Gasteiger partial charge in [0.2, 0.25) is 0 Å². The van der Waals surface area contributed by atoms with Crippen molar-refractivity contribution < 1.29 is 0 Å². The van der Waals surface area contributed by atoms with Crippen molar-refractivity contribution in [2.45, 2.75) is 9.16 Å². The molecule has 0 bridgehead atoms. The van der Waals surface area contributed by atoms with Crippen LogP contribution in [0.2, 0.25) is 0 Å². The molecule has 0 aromatic carbocycles. The maximum Gasteiger partial charge on any atom is 0.0916 e. The molecule has 0 amide bonds. The first-order valence-corrected chi connectivity index (χ1v) is 7.51. The van der Waals surface area contributed by atoms with E-state index in [-0.39, 0.29) is 0 Å². The van der Waals surface area contributed by atoms with Gasteiger partial charge < -0.3 is 0 Å². The SMILES string of the molecule is S=C(C1SC=CS1)C1SC=CS1. The highest BCUT2D eigenvalue weighted by molar-refractivity contribution is 8.27. The van der Waals surface area contributed by atoms with Gasteiger partial charge in [0.15, 0.2) is 0 Å². The highest BCUT2D eigenvalue weighted by Gasteiger charge is 2.26. The molecule has 0 fully saturated rings. The quantitative estimate of drug-likeness (QED) is 0.679. The van der Waals surface area contributed by atoms with Gasteiger partial charge in [0, 0.05) is 4.86 Å². The zero-order chi connectivity index (χ0) is 8.39. The smallest absolute Gasteiger partial charge is 0.0916 e. The Kier molecular flexibility index (Phi) is 3.54. The molecular formula is C7H6S5. The summed E-state index contributed by atoms with van der Waals surface area (Å²) in [6.45, 7) is 0. The first-order chi connectivity index (χ1) is 5.88. The summed E-state index contributed by atoms with van der Waals surface area (Å²) in [6.07, 6.45) is 0. The van der Waals surface area contributed by atoms with Crippen LogP contribution in [0, 0.1) is 0 Å². The van der Waals surface area contributed by atoms with E-state index in [9.17, 15) is 0 Å². The van der Waals surface area contributed by atoms with Crippen molar-refractivity contribution in [2.24, 2.45) is 0 Å². The van der Waals surface area contributed by atoms with E-state index in [0.29, 0.717) is 9.16 Å². The fraction of sp³-hybridized carbons (Fsp3) is 0.286. The van der Waals surface area contributed by atoms with Gasteiger partial charge in [0.1, 0.15) is 0 Å². The third-order valence-electron chi connectivity index (χ3n) is 1.38. The lowest BCUT2D eigenvalue weighted by atomic mass is 10.5. The molecule has 2 aliphatic rings. The van der Waals surface area contributed by atoms with E-state index in [2.05, 4.69) is 21.6 Å². The Morgan fingerprint density at radius 3 is 1.50 bits per heavy atom. The molecule has 0 spiro atoms. The highest BCUT2D eigenvalue weighted by Crippen LogP contribution is 2.42. The molecule has 64 valence electrons. The summed E-state index contributed by atoms with van der Waals surface area (Å²) < 4.78 is 0.954. The minimum atomic E-state index is 0.477. The Balaban J connectivity index is 1.91. The molecular weight excluding hydrogens is 244 g/mol. The van der Waals surface area contributed by atoms with Crippen molar-refractivity contribution in [3.8, 4) is 0 Å². The number of rotatable bonds is 2. The second-order valence-electron chi connectivity index (χ2n) is 2.15. The van der Waals surface area contributed by atoms with Crippen LogP contribution in [-0.2, 0) is 0 Å². The average molecular weight is 250 g/mol. The molecule has 12 heavy (non-hydrogen) atoms. The molecule has 5 heteroatoms. The molecule has 0 atom stereocenters. The molecule has 0 saturated heterocycles. The van der Waals surface area contributed by atoms with Crippen molar-refractivity contribution in [3.05, 3.63) is 21.6 Å². The lowest BCUT2D eigenvalue weighted by Crippen LogP contribution is -2.17. The normalized spacial score (nSPS) is 24.0. The zero-order valence-electron chi connectivity index (χ0n) is 6.01. The fourth-order valence-corrected chi connectivity index (χ4v) is 5.83. The molecule has 0 saturated carbocycles. The van der Waals surface area contributed by atoms with Gasteiger partial charge in [0.05, 0.1) is 9.16 Å². The van der Waals surface area contributed by atoms with Gasteiger partial charge in [0.25, 0.3) is 0 Å². The second kappa shape index (κ2) is 4.46. The van der Waals surface area contributed by atoms with Gasteiger partial charge in [-0.2, -0.15) is 0 Å². The van der Waals surface area contributed by atoms with Crippen LogP contribution in [0.4, 0.5) is 0 Å². The van der Waals surface area contributed by atoms with Crippen LogP contribution in [0.5, 0.6) is 0 Å². The summed E-state index contributed by atoms with van der Waals surface area (Å²) in [7, 11) is 0. The van der Waals surface area contributed by atoms with E-state index in [1.54, 1.807) is 0 Å². The molecule has 2 aliphatic heterocycles. The van der Waals surface area contributed by atoms with Crippen LogP contribution in [-0.4, -0.2) is 14.0 Å². The van der Waals surface area contributed by atoms with Gasteiger partial charge in [-0.15, -0.1) is 47.0 Å². The van der Waals surface area contributed by atoms with E-state index in [0.717, 1.165) is 0 Å². The fourth-order valence-electron chi connectivity index (χ4n) is 0.857. The third kappa shape index (κ3) is 2.07. The number of thiocarbonyl (C=S) groups is 1. The minimum Gasteiger partial charge on any atom is -0.113 e. The first kappa shape index (κ1) is 9.52. The predicted molar refractivity (Wildman–Crippen MR) is 68.8 cm³/mol. The van der Waals surface area contributed by atoms with Crippen molar-refractivity contribution in [1.29, 1.82) is 0 Å². The predicted octanol–water partition coefficient (Wildman–Crippen LogP) is 3.91. The van der Waals surface area contributed by atoms with E-state index in [1.807, 2.05) is 47.0 Å². The molecule has 0 radical (unpaired) electrons. The molecule has 0 aromatic rings. The Labute approximate surface area is 94.4 Å². The Morgan fingerprint density at radius 1 is 0.833 bits per heavy atom. The van der Waals surface area contributed by atoms with Crippen molar-refractivity contribution in [2.75, 3.05) is 0 Å². The molecule has 2 heterocycles. The van der Waals surface area contributed by atoms with Crippen LogP contribution in [0.25, 0.3) is 0 Å². The van der Waals surface area contributed by atoms with E-state index >= 15 is 0 Å². The van der Waals surface area contributed by atoms with Crippen molar-refractivity contribution >= 4 is 64.1 Å². The molecule has 0 nitrogen and oxygen atoms in total. The van der Waals surface area contributed by atoms with E-state index in [1.165, 1.54) is 4.86 Å². The number of hydrogen-bond acceptors (Lipinski definition) is 5. The third-order valence-corrected chi connectivity index (χ3v) is 7.31. The summed E-state index contributed by atoms with van der Waals surface area (Å²) >= 11 is 12.7. The largest absolute Gasteiger partial charge is 0.113 e.